The Morgan fingerprint density at radius 1 is 1.48 bits per heavy atom. The van der Waals surface area contributed by atoms with Gasteiger partial charge < -0.3 is 10.2 Å². The van der Waals surface area contributed by atoms with Crippen molar-refractivity contribution in [3.63, 3.8) is 0 Å². The van der Waals surface area contributed by atoms with Crippen LogP contribution in [0.3, 0.4) is 0 Å². The highest BCUT2D eigenvalue weighted by Gasteiger charge is 2.20. The van der Waals surface area contributed by atoms with Gasteiger partial charge >= 0.3 is 0 Å². The van der Waals surface area contributed by atoms with Crippen LogP contribution in [0.1, 0.15) is 32.6 Å². The summed E-state index contributed by atoms with van der Waals surface area (Å²) in [6.07, 6.45) is 6.64. The SMILES string of the molecule is CCCCN(CC1CCCN1)c1nc2ccc(Cl)cn2n1. The zero-order chi connectivity index (χ0) is 14.7. The first kappa shape index (κ1) is 14.6. The number of nitrogens with zero attached hydrogens (tertiary/aromatic N) is 4. The molecule has 2 aromatic heterocycles. The van der Waals surface area contributed by atoms with E-state index in [1.54, 1.807) is 10.7 Å². The topological polar surface area (TPSA) is 45.5 Å². The van der Waals surface area contributed by atoms with Crippen molar-refractivity contribution in [2.75, 3.05) is 24.5 Å². The van der Waals surface area contributed by atoms with Gasteiger partial charge in [-0.25, -0.2) is 4.52 Å². The highest BCUT2D eigenvalue weighted by molar-refractivity contribution is 6.30. The lowest BCUT2D eigenvalue weighted by Gasteiger charge is -2.24. The third kappa shape index (κ3) is 3.47. The Bertz CT molecular complexity index is 591. The van der Waals surface area contributed by atoms with Gasteiger partial charge in [-0.15, -0.1) is 5.10 Å². The Morgan fingerprint density at radius 3 is 3.14 bits per heavy atom. The van der Waals surface area contributed by atoms with Gasteiger partial charge in [0.1, 0.15) is 0 Å². The molecule has 0 aliphatic carbocycles. The van der Waals surface area contributed by atoms with Crippen molar-refractivity contribution in [2.45, 2.75) is 38.6 Å². The lowest BCUT2D eigenvalue weighted by atomic mass is 10.2. The molecule has 1 atom stereocenters. The van der Waals surface area contributed by atoms with Crippen LogP contribution in [-0.2, 0) is 0 Å². The molecule has 1 fully saturated rings. The summed E-state index contributed by atoms with van der Waals surface area (Å²) < 4.78 is 1.76. The summed E-state index contributed by atoms with van der Waals surface area (Å²) in [5.41, 5.74) is 0.843. The second kappa shape index (κ2) is 6.62. The van der Waals surface area contributed by atoms with Gasteiger partial charge in [-0.2, -0.15) is 4.98 Å². The number of pyridine rings is 1. The number of unbranched alkanes of at least 4 members (excludes halogenated alkanes) is 1. The molecule has 0 aromatic carbocycles. The van der Waals surface area contributed by atoms with Gasteiger partial charge in [-0.1, -0.05) is 24.9 Å². The van der Waals surface area contributed by atoms with Gasteiger partial charge in [-0.05, 0) is 37.9 Å². The van der Waals surface area contributed by atoms with Crippen LogP contribution >= 0.6 is 11.6 Å². The smallest absolute Gasteiger partial charge is 0.245 e. The summed E-state index contributed by atoms with van der Waals surface area (Å²) in [6, 6.07) is 4.31. The van der Waals surface area contributed by atoms with E-state index in [9.17, 15) is 0 Å². The second-order valence-corrected chi connectivity index (χ2v) is 6.09. The molecule has 0 radical (unpaired) electrons. The maximum atomic E-state index is 6.02. The molecule has 3 rings (SSSR count). The monoisotopic (exact) mass is 307 g/mol. The minimum absolute atomic E-state index is 0.553. The van der Waals surface area contributed by atoms with Crippen molar-refractivity contribution in [2.24, 2.45) is 0 Å². The molecule has 0 spiro atoms. The van der Waals surface area contributed by atoms with Crippen molar-refractivity contribution in [1.82, 2.24) is 19.9 Å². The Hall–Kier alpha value is -1.33. The first-order valence-electron chi connectivity index (χ1n) is 7.76. The minimum Gasteiger partial charge on any atom is -0.338 e. The van der Waals surface area contributed by atoms with Crippen LogP contribution in [0.4, 0.5) is 5.95 Å². The predicted octanol–water partition coefficient (Wildman–Crippen LogP) is 2.74. The van der Waals surface area contributed by atoms with Gasteiger partial charge in [-0.3, -0.25) is 0 Å². The lowest BCUT2D eigenvalue weighted by molar-refractivity contribution is 0.565. The van der Waals surface area contributed by atoms with E-state index < -0.39 is 0 Å². The molecule has 1 unspecified atom stereocenters. The standard InChI is InChI=1S/C15H22ClN5/c1-2-3-9-20(11-13-5-4-8-17-13)15-18-14-7-6-12(16)10-21(14)19-15/h6-7,10,13,17H,2-5,8-9,11H2,1H3. The van der Waals surface area contributed by atoms with Crippen LogP contribution in [0.25, 0.3) is 5.65 Å². The van der Waals surface area contributed by atoms with Crippen LogP contribution in [0.2, 0.25) is 5.02 Å². The third-order valence-electron chi connectivity index (χ3n) is 3.95. The molecule has 0 amide bonds. The van der Waals surface area contributed by atoms with Gasteiger partial charge in [0.05, 0.1) is 5.02 Å². The number of aromatic nitrogens is 3. The Labute approximate surface area is 130 Å². The molecular formula is C15H22ClN5. The Balaban J connectivity index is 1.81. The number of fused-ring (bicyclic) bond motifs is 1. The molecule has 0 bridgehead atoms. The fraction of sp³-hybridized carbons (Fsp3) is 0.600. The maximum Gasteiger partial charge on any atom is 0.245 e. The highest BCUT2D eigenvalue weighted by atomic mass is 35.5. The second-order valence-electron chi connectivity index (χ2n) is 5.65. The molecule has 1 N–H and O–H groups in total. The van der Waals surface area contributed by atoms with Crippen molar-refractivity contribution >= 4 is 23.2 Å². The highest BCUT2D eigenvalue weighted by Crippen LogP contribution is 2.17. The molecule has 1 saturated heterocycles. The molecule has 21 heavy (non-hydrogen) atoms. The van der Waals surface area contributed by atoms with Crippen LogP contribution < -0.4 is 10.2 Å². The summed E-state index contributed by atoms with van der Waals surface area (Å²) >= 11 is 6.02. The fourth-order valence-electron chi connectivity index (χ4n) is 2.78. The van der Waals surface area contributed by atoms with Gasteiger partial charge in [0.25, 0.3) is 0 Å². The van der Waals surface area contributed by atoms with Crippen LogP contribution in [0, 0.1) is 0 Å². The van der Waals surface area contributed by atoms with E-state index in [0.29, 0.717) is 11.1 Å². The normalized spacial score (nSPS) is 18.5. The van der Waals surface area contributed by atoms with Crippen LogP contribution in [0.5, 0.6) is 0 Å². The molecule has 3 heterocycles. The van der Waals surface area contributed by atoms with Crippen molar-refractivity contribution < 1.29 is 0 Å². The summed E-state index contributed by atoms with van der Waals surface area (Å²) in [4.78, 5) is 6.94. The summed E-state index contributed by atoms with van der Waals surface area (Å²) in [7, 11) is 0. The van der Waals surface area contributed by atoms with E-state index >= 15 is 0 Å². The van der Waals surface area contributed by atoms with Crippen LogP contribution in [-0.4, -0.2) is 40.3 Å². The molecular weight excluding hydrogens is 286 g/mol. The van der Waals surface area contributed by atoms with E-state index in [1.807, 2.05) is 12.1 Å². The zero-order valence-corrected chi connectivity index (χ0v) is 13.2. The minimum atomic E-state index is 0.553. The number of halogens is 1. The average molecular weight is 308 g/mol. The molecule has 114 valence electrons. The summed E-state index contributed by atoms with van der Waals surface area (Å²) in [5.74, 6) is 0.805. The van der Waals surface area contributed by atoms with Crippen molar-refractivity contribution in [3.05, 3.63) is 23.4 Å². The molecule has 1 aliphatic heterocycles. The number of hydrogen-bond acceptors (Lipinski definition) is 4. The predicted molar refractivity (Wildman–Crippen MR) is 86.1 cm³/mol. The third-order valence-corrected chi connectivity index (χ3v) is 4.17. The van der Waals surface area contributed by atoms with Gasteiger partial charge in [0.2, 0.25) is 5.95 Å². The number of nitrogens with one attached hydrogen (secondary N) is 1. The molecule has 1 aliphatic rings. The maximum absolute atomic E-state index is 6.02. The number of anilines is 1. The lowest BCUT2D eigenvalue weighted by Crippen LogP contribution is -2.38. The molecule has 2 aromatic rings. The van der Waals surface area contributed by atoms with E-state index in [1.165, 1.54) is 19.3 Å². The largest absolute Gasteiger partial charge is 0.338 e. The summed E-state index contributed by atoms with van der Waals surface area (Å²) in [5, 5.41) is 8.82. The summed E-state index contributed by atoms with van der Waals surface area (Å²) in [6.45, 7) is 5.31. The Morgan fingerprint density at radius 2 is 2.38 bits per heavy atom. The van der Waals surface area contributed by atoms with Gasteiger partial charge in [0, 0.05) is 25.3 Å². The molecule has 0 saturated carbocycles. The van der Waals surface area contributed by atoms with E-state index in [-0.39, 0.29) is 0 Å². The number of hydrogen-bond donors (Lipinski definition) is 1. The molecule has 6 heteroatoms. The van der Waals surface area contributed by atoms with E-state index in [2.05, 4.69) is 27.2 Å². The number of rotatable bonds is 6. The fourth-order valence-corrected chi connectivity index (χ4v) is 2.94. The Kier molecular flexibility index (Phi) is 4.60. The average Bonchev–Trinajstić information content (AvgIpc) is 3.11. The van der Waals surface area contributed by atoms with Crippen molar-refractivity contribution in [1.29, 1.82) is 0 Å². The quantitative estimate of drug-likeness (QED) is 0.891. The first-order chi connectivity index (χ1) is 10.3. The van der Waals surface area contributed by atoms with E-state index in [4.69, 9.17) is 11.6 Å². The molecule has 5 nitrogen and oxygen atoms in total. The zero-order valence-electron chi connectivity index (χ0n) is 12.4. The van der Waals surface area contributed by atoms with Crippen LogP contribution in [0.15, 0.2) is 18.3 Å². The van der Waals surface area contributed by atoms with E-state index in [0.717, 1.165) is 37.7 Å². The van der Waals surface area contributed by atoms with Gasteiger partial charge in [0.15, 0.2) is 5.65 Å². The first-order valence-corrected chi connectivity index (χ1v) is 8.14. The van der Waals surface area contributed by atoms with Crippen molar-refractivity contribution in [3.8, 4) is 0 Å².